The number of ether oxygens (including phenoxy) is 4. The van der Waals surface area contributed by atoms with Crippen molar-refractivity contribution in [3.63, 3.8) is 0 Å². The Morgan fingerprint density at radius 1 is 0.657 bits per heavy atom. The number of hydrogen-bond donors (Lipinski definition) is 4. The number of nitrogens with zero attached hydrogens (tertiary/aromatic N) is 8. The van der Waals surface area contributed by atoms with Crippen LogP contribution in [-0.2, 0) is 48.0 Å². The molecule has 0 aromatic carbocycles. The number of aldehydes is 1. The number of esters is 2. The molecule has 6 heterocycles. The number of nitrogens with one attached hydrogen (secondary N) is 3. The van der Waals surface area contributed by atoms with Crippen LogP contribution >= 0.6 is 58.0 Å². The van der Waals surface area contributed by atoms with E-state index in [0.29, 0.717) is 60.1 Å². The van der Waals surface area contributed by atoms with Gasteiger partial charge in [0.2, 0.25) is 21.1 Å². The second-order valence-electron chi connectivity index (χ2n) is 11.7. The molecule has 6 rings (SSSR count). The van der Waals surface area contributed by atoms with Crippen LogP contribution in [0.5, 0.6) is 0 Å². The Balaban J connectivity index is -0.000000364. The Kier molecular flexibility index (Phi) is 44.9. The first-order chi connectivity index (χ1) is 31.3. The van der Waals surface area contributed by atoms with Crippen LogP contribution in [0.2, 0.25) is 26.3 Å². The summed E-state index contributed by atoms with van der Waals surface area (Å²) >= 11 is 26.3. The third-order valence-corrected chi connectivity index (χ3v) is 8.09. The maximum absolute atomic E-state index is 11.5. The first-order valence-corrected chi connectivity index (χ1v) is 22.6. The number of carbonyl (C=O) groups excluding carboxylic acids is 3. The number of carbonyl (C=O) groups is 3. The molecule has 0 spiro atoms. The summed E-state index contributed by atoms with van der Waals surface area (Å²) in [5.74, 6) is 0.470. The number of aromatic nitrogens is 8. The molecular formula is C38H56AlCl5LiMnN11O10. The summed E-state index contributed by atoms with van der Waals surface area (Å²) in [5, 5.41) is 18.1. The molecule has 4 N–H and O–H groups in total. The number of hydrogen-bond acceptors (Lipinski definition) is 21. The molecule has 0 bridgehead atoms. The van der Waals surface area contributed by atoms with Crippen molar-refractivity contribution in [3.8, 4) is 0 Å². The van der Waals surface area contributed by atoms with Gasteiger partial charge in [0, 0.05) is 76.4 Å². The van der Waals surface area contributed by atoms with E-state index in [1.807, 2.05) is 20.8 Å². The summed E-state index contributed by atoms with van der Waals surface area (Å²) < 4.78 is 36.3. The molecule has 4 aromatic heterocycles. The third-order valence-electron chi connectivity index (χ3n) is 7.07. The number of rotatable bonds is 12. The zero-order valence-electron chi connectivity index (χ0n) is 38.3. The number of aliphatic hydroxyl groups is 1. The van der Waals surface area contributed by atoms with Gasteiger partial charge in [-0.15, -0.1) is 0 Å². The minimum absolute atomic E-state index is 0. The average Bonchev–Trinajstić information content (AvgIpc) is 4.07. The van der Waals surface area contributed by atoms with Crippen molar-refractivity contribution in [2.45, 2.75) is 66.9 Å². The van der Waals surface area contributed by atoms with Gasteiger partial charge in [0.05, 0.1) is 25.4 Å². The van der Waals surface area contributed by atoms with Crippen LogP contribution in [0.15, 0.2) is 24.8 Å². The van der Waals surface area contributed by atoms with Crippen molar-refractivity contribution < 1.29 is 81.2 Å². The van der Waals surface area contributed by atoms with Crippen LogP contribution in [0.4, 0.5) is 17.5 Å². The normalized spacial score (nSPS) is 11.3. The molecule has 0 atom stereocenters. The first-order valence-electron chi connectivity index (χ1n) is 19.7. The van der Waals surface area contributed by atoms with Crippen LogP contribution in [0.1, 0.15) is 98.4 Å². The molecule has 2 saturated heterocycles. The predicted octanol–water partition coefficient (Wildman–Crippen LogP) is 3.41. The van der Waals surface area contributed by atoms with Gasteiger partial charge in [-0.25, -0.2) is 44.5 Å². The van der Waals surface area contributed by atoms with Gasteiger partial charge in [-0.3, -0.25) is 4.79 Å². The molecule has 0 amide bonds. The summed E-state index contributed by atoms with van der Waals surface area (Å²) in [6.07, 6.45) is 11.3. The summed E-state index contributed by atoms with van der Waals surface area (Å²) in [6, 6.07) is 0. The van der Waals surface area contributed by atoms with Crippen LogP contribution in [-0.4, -0.2) is 140 Å². The van der Waals surface area contributed by atoms with Crippen molar-refractivity contribution in [1.29, 1.82) is 0 Å². The van der Waals surface area contributed by atoms with Crippen molar-refractivity contribution in [2.24, 2.45) is 0 Å². The fourth-order valence-electron chi connectivity index (χ4n) is 4.31. The molecule has 0 radical (unpaired) electrons. The number of halogens is 5. The average molecular weight is 1090 g/mol. The molecule has 2 fully saturated rings. The van der Waals surface area contributed by atoms with Gasteiger partial charge in [-0.2, -0.15) is 4.98 Å². The second kappa shape index (κ2) is 44.1. The van der Waals surface area contributed by atoms with Crippen LogP contribution in [0.25, 0.3) is 0 Å². The fraction of sp³-hybridized carbons (Fsp3) is 0.500. The molecule has 0 saturated carbocycles. The molecule has 2 aliphatic rings. The first kappa shape index (κ1) is 68.2. The molecule has 2 aliphatic heterocycles. The van der Waals surface area contributed by atoms with E-state index in [1.54, 1.807) is 13.8 Å². The van der Waals surface area contributed by atoms with Gasteiger partial charge in [-0.05, 0) is 107 Å². The zero-order valence-corrected chi connectivity index (χ0v) is 42.2. The molecule has 0 aliphatic carbocycles. The van der Waals surface area contributed by atoms with Crippen molar-refractivity contribution in [3.05, 3.63) is 73.3 Å². The Labute approximate surface area is 444 Å². The van der Waals surface area contributed by atoms with Gasteiger partial charge in [0.25, 0.3) is 0 Å². The molecular weight excluding hydrogens is 1040 g/mol. The molecule has 67 heavy (non-hydrogen) atoms. The minimum atomic E-state index is -1.44. The Morgan fingerprint density at radius 3 is 1.43 bits per heavy atom. The summed E-state index contributed by atoms with van der Waals surface area (Å²) in [4.78, 5) is 63.1. The van der Waals surface area contributed by atoms with Crippen LogP contribution in [0, 0.1) is 0 Å². The van der Waals surface area contributed by atoms with Crippen LogP contribution in [0.3, 0.4) is 0 Å². The maximum atomic E-state index is 11.5. The quantitative estimate of drug-likeness (QED) is 0.0520. The molecule has 0 unspecified atom stereocenters. The topological polar surface area (TPSA) is 282 Å². The van der Waals surface area contributed by atoms with Crippen molar-refractivity contribution >= 4 is 111 Å². The number of anilines is 3. The molecule has 29 heteroatoms. The van der Waals surface area contributed by atoms with E-state index in [9.17, 15) is 14.4 Å². The van der Waals surface area contributed by atoms with E-state index in [-0.39, 0.29) is 82.7 Å². The predicted molar refractivity (Wildman–Crippen MR) is 251 cm³/mol. The van der Waals surface area contributed by atoms with Gasteiger partial charge < -0.3 is 41.4 Å². The van der Waals surface area contributed by atoms with Gasteiger partial charge in [-0.1, -0.05) is 11.6 Å². The van der Waals surface area contributed by atoms with Crippen molar-refractivity contribution in [1.82, 2.24) is 39.9 Å². The summed E-state index contributed by atoms with van der Waals surface area (Å²) in [6.45, 7) is 15.7. The van der Waals surface area contributed by atoms with E-state index in [4.69, 9.17) is 89.7 Å². The van der Waals surface area contributed by atoms with E-state index in [1.165, 1.54) is 50.5 Å². The Bertz CT molecular complexity index is 2020. The summed E-state index contributed by atoms with van der Waals surface area (Å²) in [7, 11) is 0. The van der Waals surface area contributed by atoms with Crippen molar-refractivity contribution in [2.75, 3.05) is 75.2 Å². The second-order valence-corrected chi connectivity index (χ2v) is 13.6. The Hall–Kier alpha value is -3.09. The monoisotopic (exact) mass is 1090 g/mol. The zero-order chi connectivity index (χ0) is 48.8. The third kappa shape index (κ3) is 31.6. The number of aliphatic hydroxyl groups excluding tert-OH is 1. The van der Waals surface area contributed by atoms with Gasteiger partial charge in [0.1, 0.15) is 33.7 Å². The van der Waals surface area contributed by atoms with E-state index in [2.05, 4.69) is 55.8 Å². The molecule has 369 valence electrons. The van der Waals surface area contributed by atoms with Gasteiger partial charge in [0.15, 0.2) is 23.6 Å². The Morgan fingerprint density at radius 2 is 1.03 bits per heavy atom. The van der Waals surface area contributed by atoms with E-state index >= 15 is 0 Å². The fourth-order valence-corrected chi connectivity index (χ4v) is 5.10. The van der Waals surface area contributed by atoms with E-state index < -0.39 is 26.8 Å². The standard InChI is InChI=1S/C9H12ClN3O2.C7H6Cl2N2O2.C7H10ClN3O.C7H8ClN3O.2C4H8O.Al.Li.Mn.2O.4H/c1-3-11-7-6(8(14)15-4-2)5-12-9(10)13-7;1-2-13-6(12)4-3-10-7(9)11-5(4)8;2*1-2-9-6-5(4-12)3-10-7(8)11-6;2*1-2-4-5-3-1;;;;;;;;;/h5H,3-4H2,1-2H3,(H,11,12,13);3H,2H2,1H3;3,12H,2,4H2,1H3,(H,9,10,11);3-4H,2H2,1H3,(H,9,10,11);2*1-4H2;;;;;;;;;/q;;;;;;;+1;;;;;;;-1. The summed E-state index contributed by atoms with van der Waals surface area (Å²) in [5.41, 5.74) is 1.48. The van der Waals surface area contributed by atoms with Crippen LogP contribution < -0.4 is 34.8 Å². The van der Waals surface area contributed by atoms with E-state index in [0.717, 1.165) is 33.0 Å². The molecule has 21 nitrogen and oxygen atoms in total. The molecule has 4 aromatic rings. The SMILES string of the molecule is C1CCOC1.C1CCOC1.CCNc1nc(Cl)ncc1C(=O)OCC.CCNc1nc(Cl)ncc1C=O.CCNc1nc(Cl)ncc1CO.CCOC(=O)c1cnc(Cl)nc1Cl.[AlH3].[H-].[Li+].[O]=[Mn]=[O]. The van der Waals surface area contributed by atoms with Gasteiger partial charge >= 0.3 is 53.3 Å².